The van der Waals surface area contributed by atoms with Gasteiger partial charge in [-0.25, -0.2) is 0 Å². The molecule has 32 heavy (non-hydrogen) atoms. The molecule has 0 amide bonds. The third-order valence-electron chi connectivity index (χ3n) is 11.8. The first-order valence-electron chi connectivity index (χ1n) is 13.5. The first-order chi connectivity index (χ1) is 14.8. The average Bonchev–Trinajstić information content (AvgIpc) is 3.00. The molecule has 4 aliphatic rings. The maximum atomic E-state index is 11.0. The molecule has 182 valence electrons. The van der Waals surface area contributed by atoms with E-state index in [0.29, 0.717) is 17.8 Å². The molecular formula is C30H50O2. The van der Waals surface area contributed by atoms with Crippen molar-refractivity contribution in [3.05, 3.63) is 22.8 Å². The zero-order valence-corrected chi connectivity index (χ0v) is 22.2. The van der Waals surface area contributed by atoms with E-state index in [-0.39, 0.29) is 33.9 Å². The Labute approximate surface area is 198 Å². The van der Waals surface area contributed by atoms with Crippen LogP contribution in [0.3, 0.4) is 0 Å². The highest BCUT2D eigenvalue weighted by molar-refractivity contribution is 5.38. The van der Waals surface area contributed by atoms with Crippen molar-refractivity contribution in [2.45, 2.75) is 125 Å². The van der Waals surface area contributed by atoms with Gasteiger partial charge < -0.3 is 10.2 Å². The van der Waals surface area contributed by atoms with Crippen molar-refractivity contribution in [2.24, 2.45) is 39.4 Å². The maximum absolute atomic E-state index is 11.0. The molecule has 2 unspecified atom stereocenters. The van der Waals surface area contributed by atoms with Crippen LogP contribution in [-0.2, 0) is 0 Å². The number of allylic oxidation sites excluding steroid dienone is 3. The second kappa shape index (κ2) is 7.98. The number of hydrogen-bond acceptors (Lipinski definition) is 2. The van der Waals surface area contributed by atoms with Crippen LogP contribution in [0, 0.1) is 39.4 Å². The van der Waals surface area contributed by atoms with Crippen LogP contribution in [0.1, 0.15) is 113 Å². The van der Waals surface area contributed by atoms with E-state index in [4.69, 9.17) is 0 Å². The quantitative estimate of drug-likeness (QED) is 0.444. The second-order valence-electron chi connectivity index (χ2n) is 13.7. The van der Waals surface area contributed by atoms with Gasteiger partial charge >= 0.3 is 0 Å². The summed E-state index contributed by atoms with van der Waals surface area (Å²) in [4.78, 5) is 0. The van der Waals surface area contributed by atoms with Gasteiger partial charge in [-0.3, -0.25) is 0 Å². The van der Waals surface area contributed by atoms with Crippen molar-refractivity contribution in [1.82, 2.24) is 0 Å². The fourth-order valence-corrected chi connectivity index (χ4v) is 9.40. The number of aliphatic hydroxyl groups is 2. The highest BCUT2D eigenvalue weighted by atomic mass is 16.3. The minimum Gasteiger partial charge on any atom is -0.393 e. The summed E-state index contributed by atoms with van der Waals surface area (Å²) in [6.07, 6.45) is 12.2. The van der Waals surface area contributed by atoms with E-state index < -0.39 is 0 Å². The Bertz CT molecular complexity index is 802. The van der Waals surface area contributed by atoms with Gasteiger partial charge in [0.2, 0.25) is 0 Å². The zero-order valence-electron chi connectivity index (χ0n) is 22.2. The first-order valence-corrected chi connectivity index (χ1v) is 13.5. The predicted octanol–water partition coefficient (Wildman–Crippen LogP) is 7.45. The first kappa shape index (κ1) is 24.5. The van der Waals surface area contributed by atoms with E-state index >= 15 is 0 Å². The lowest BCUT2D eigenvalue weighted by molar-refractivity contribution is -0.0969. The minimum atomic E-state index is -0.238. The van der Waals surface area contributed by atoms with E-state index in [0.717, 1.165) is 19.3 Å². The van der Waals surface area contributed by atoms with Gasteiger partial charge in [0.1, 0.15) is 0 Å². The normalized spacial score (nSPS) is 44.9. The van der Waals surface area contributed by atoms with Crippen LogP contribution >= 0.6 is 0 Å². The van der Waals surface area contributed by atoms with Crippen molar-refractivity contribution in [3.8, 4) is 0 Å². The lowest BCUT2D eigenvalue weighted by atomic mass is 9.43. The van der Waals surface area contributed by atoms with Crippen molar-refractivity contribution >= 4 is 0 Å². The van der Waals surface area contributed by atoms with Crippen LogP contribution in [-0.4, -0.2) is 22.4 Å². The molecule has 2 fully saturated rings. The van der Waals surface area contributed by atoms with Gasteiger partial charge in [0.15, 0.2) is 0 Å². The molecule has 4 rings (SSSR count). The van der Waals surface area contributed by atoms with Crippen molar-refractivity contribution < 1.29 is 10.2 Å². The van der Waals surface area contributed by atoms with E-state index in [1.54, 1.807) is 11.1 Å². The smallest absolute Gasteiger partial charge is 0.0603 e. The summed E-state index contributed by atoms with van der Waals surface area (Å²) in [5.74, 6) is 1.53. The lowest BCUT2D eigenvalue weighted by Crippen LogP contribution is -2.55. The molecule has 0 aromatic carbocycles. The Hall–Kier alpha value is -0.600. The lowest BCUT2D eigenvalue weighted by Gasteiger charge is -2.62. The molecule has 0 spiro atoms. The molecule has 0 aliphatic heterocycles. The van der Waals surface area contributed by atoms with Gasteiger partial charge in [-0.05, 0) is 111 Å². The van der Waals surface area contributed by atoms with E-state index in [1.807, 2.05) is 0 Å². The summed E-state index contributed by atoms with van der Waals surface area (Å²) < 4.78 is 0. The summed E-state index contributed by atoms with van der Waals surface area (Å²) >= 11 is 0. The monoisotopic (exact) mass is 442 g/mol. The molecule has 8 atom stereocenters. The topological polar surface area (TPSA) is 40.5 Å². The number of fused-ring (bicyclic) bond motifs is 4. The Morgan fingerprint density at radius 1 is 0.969 bits per heavy atom. The Morgan fingerprint density at radius 2 is 1.66 bits per heavy atom. The summed E-state index contributed by atoms with van der Waals surface area (Å²) in [6.45, 7) is 18.9. The molecule has 2 saturated carbocycles. The highest BCUT2D eigenvalue weighted by Crippen LogP contribution is 2.72. The Kier molecular flexibility index (Phi) is 6.11. The molecule has 0 aromatic heterocycles. The van der Waals surface area contributed by atoms with Crippen LogP contribution in [0.15, 0.2) is 22.8 Å². The van der Waals surface area contributed by atoms with Crippen molar-refractivity contribution in [2.75, 3.05) is 0 Å². The largest absolute Gasteiger partial charge is 0.393 e. The van der Waals surface area contributed by atoms with Crippen LogP contribution in [0.5, 0.6) is 0 Å². The molecular weight excluding hydrogens is 392 g/mol. The van der Waals surface area contributed by atoms with E-state index in [2.05, 4.69) is 61.5 Å². The molecule has 0 aromatic rings. The summed E-state index contributed by atoms with van der Waals surface area (Å²) in [5, 5.41) is 21.9. The Morgan fingerprint density at radius 3 is 2.31 bits per heavy atom. The van der Waals surface area contributed by atoms with Gasteiger partial charge in [-0.2, -0.15) is 0 Å². The maximum Gasteiger partial charge on any atom is 0.0603 e. The van der Waals surface area contributed by atoms with E-state index in [9.17, 15) is 10.2 Å². The second-order valence-corrected chi connectivity index (χ2v) is 13.7. The SMILES string of the molecule is CC(C)=CC[C@@H](O)[C@H](C)[C@H]1CCC2(C)C3=C(CC[C@]12C)[C@@]1(C)CC[C@H](O)C(C)(C)C1CC3. The summed E-state index contributed by atoms with van der Waals surface area (Å²) in [7, 11) is 0. The van der Waals surface area contributed by atoms with Crippen LogP contribution in [0.2, 0.25) is 0 Å². The molecule has 0 heterocycles. The molecule has 0 saturated heterocycles. The fraction of sp³-hybridized carbons (Fsp3) is 0.867. The summed E-state index contributed by atoms with van der Waals surface area (Å²) in [6, 6.07) is 0. The summed E-state index contributed by atoms with van der Waals surface area (Å²) in [5.41, 5.74) is 5.70. The van der Waals surface area contributed by atoms with Crippen LogP contribution in [0.25, 0.3) is 0 Å². The molecule has 2 heteroatoms. The number of rotatable bonds is 4. The van der Waals surface area contributed by atoms with Gasteiger partial charge in [-0.15, -0.1) is 0 Å². The average molecular weight is 443 g/mol. The van der Waals surface area contributed by atoms with Gasteiger partial charge in [0.25, 0.3) is 0 Å². The standard InChI is InChI=1S/C30H50O2/c1-19(2)9-11-24(31)20(3)21-13-17-30(8)23-10-12-25-27(4,5)26(32)15-16-28(25,6)22(23)14-18-29(21,30)7/h9,20-21,24-26,31-32H,10-18H2,1-8H3/t20-,21-,24-,25?,26+,28-,29-,30?/m1/s1. The fourth-order valence-electron chi connectivity index (χ4n) is 9.40. The van der Waals surface area contributed by atoms with Crippen molar-refractivity contribution in [3.63, 3.8) is 0 Å². The predicted molar refractivity (Wildman–Crippen MR) is 134 cm³/mol. The number of aliphatic hydroxyl groups excluding tert-OH is 2. The van der Waals surface area contributed by atoms with Crippen LogP contribution < -0.4 is 0 Å². The van der Waals surface area contributed by atoms with Gasteiger partial charge in [0.05, 0.1) is 12.2 Å². The van der Waals surface area contributed by atoms with Crippen molar-refractivity contribution in [1.29, 1.82) is 0 Å². The molecule has 0 radical (unpaired) electrons. The molecule has 2 N–H and O–H groups in total. The number of hydrogen-bond donors (Lipinski definition) is 2. The molecule has 2 nitrogen and oxygen atoms in total. The van der Waals surface area contributed by atoms with Gasteiger partial charge in [-0.1, -0.05) is 64.3 Å². The van der Waals surface area contributed by atoms with E-state index in [1.165, 1.54) is 44.1 Å². The van der Waals surface area contributed by atoms with Crippen LogP contribution in [0.4, 0.5) is 0 Å². The molecule has 4 aliphatic carbocycles. The Balaban J connectivity index is 1.67. The minimum absolute atomic E-state index is 0.00888. The third kappa shape index (κ3) is 3.33. The van der Waals surface area contributed by atoms with Gasteiger partial charge in [0, 0.05) is 0 Å². The third-order valence-corrected chi connectivity index (χ3v) is 11.8. The molecule has 0 bridgehead atoms. The highest BCUT2D eigenvalue weighted by Gasteiger charge is 2.63. The zero-order chi connectivity index (χ0) is 23.7.